The van der Waals surface area contributed by atoms with Crippen molar-refractivity contribution in [1.29, 1.82) is 0 Å². The van der Waals surface area contributed by atoms with E-state index < -0.39 is 5.91 Å². The number of phenolic OH excluding ortho intramolecular Hbond substituents is 1. The summed E-state index contributed by atoms with van der Waals surface area (Å²) in [6.45, 7) is 1.79. The number of phenols is 1. The van der Waals surface area contributed by atoms with E-state index in [1.807, 2.05) is 0 Å². The number of aryl methyl sites for hydroxylation is 1. The highest BCUT2D eigenvalue weighted by Gasteiger charge is 2.16. The summed E-state index contributed by atoms with van der Waals surface area (Å²) < 4.78 is 4.93. The van der Waals surface area contributed by atoms with Crippen LogP contribution in [0.1, 0.15) is 15.4 Å². The molecule has 0 aliphatic rings. The number of nitrogens with one attached hydrogen (secondary N) is 1. The van der Waals surface area contributed by atoms with Gasteiger partial charge in [0.1, 0.15) is 5.01 Å². The Morgan fingerprint density at radius 2 is 2.22 bits per heavy atom. The Kier molecular flexibility index (Phi) is 3.42. The number of nitrogens with zero attached hydrogens (tertiary/aromatic N) is 2. The average molecular weight is 265 g/mol. The third kappa shape index (κ3) is 2.40. The van der Waals surface area contributed by atoms with Gasteiger partial charge in [-0.05, 0) is 19.1 Å². The smallest absolute Gasteiger partial charge is 0.261 e. The fourth-order valence-electron chi connectivity index (χ4n) is 1.38. The number of rotatable bonds is 3. The first kappa shape index (κ1) is 12.3. The van der Waals surface area contributed by atoms with E-state index in [1.54, 1.807) is 19.1 Å². The molecule has 1 heterocycles. The molecule has 0 aliphatic heterocycles. The number of hydrogen-bond acceptors (Lipinski definition) is 6. The standard InChI is InChI=1S/C11H11N3O3S/c1-6-13-14-11(18-6)12-10(16)7-4-3-5-8(17-2)9(7)15/h3-5,15H,1-2H3,(H,12,14,16). The van der Waals surface area contributed by atoms with Gasteiger partial charge < -0.3 is 9.84 Å². The van der Waals surface area contributed by atoms with E-state index in [0.717, 1.165) is 5.01 Å². The molecule has 0 bridgehead atoms. The van der Waals surface area contributed by atoms with Crippen molar-refractivity contribution in [3.05, 3.63) is 28.8 Å². The quantitative estimate of drug-likeness (QED) is 0.884. The number of para-hydroxylation sites is 1. The Morgan fingerprint density at radius 1 is 1.44 bits per heavy atom. The lowest BCUT2D eigenvalue weighted by atomic mass is 10.2. The molecule has 6 nitrogen and oxygen atoms in total. The van der Waals surface area contributed by atoms with Crippen LogP contribution in [0.5, 0.6) is 11.5 Å². The van der Waals surface area contributed by atoms with Gasteiger partial charge in [-0.25, -0.2) is 0 Å². The molecule has 18 heavy (non-hydrogen) atoms. The molecule has 2 N–H and O–H groups in total. The van der Waals surface area contributed by atoms with Crippen molar-refractivity contribution in [1.82, 2.24) is 10.2 Å². The van der Waals surface area contributed by atoms with Crippen LogP contribution >= 0.6 is 11.3 Å². The van der Waals surface area contributed by atoms with E-state index in [0.29, 0.717) is 5.13 Å². The summed E-state index contributed by atoms with van der Waals surface area (Å²) in [5.41, 5.74) is 0.127. The molecule has 0 saturated carbocycles. The highest BCUT2D eigenvalue weighted by Crippen LogP contribution is 2.30. The number of aromatic hydroxyl groups is 1. The highest BCUT2D eigenvalue weighted by atomic mass is 32.1. The lowest BCUT2D eigenvalue weighted by Crippen LogP contribution is -2.12. The Bertz CT molecular complexity index is 583. The van der Waals surface area contributed by atoms with Crippen molar-refractivity contribution in [2.45, 2.75) is 6.92 Å². The third-order valence-corrected chi connectivity index (χ3v) is 2.96. The third-order valence-electron chi connectivity index (χ3n) is 2.21. The Hall–Kier alpha value is -2.15. The van der Waals surface area contributed by atoms with Crippen molar-refractivity contribution in [2.75, 3.05) is 12.4 Å². The van der Waals surface area contributed by atoms with Crippen LogP contribution in [0.3, 0.4) is 0 Å². The average Bonchev–Trinajstić information content (AvgIpc) is 2.75. The lowest BCUT2D eigenvalue weighted by molar-refractivity contribution is 0.102. The predicted molar refractivity (Wildman–Crippen MR) is 67.3 cm³/mol. The van der Waals surface area contributed by atoms with Crippen LogP contribution in [0.2, 0.25) is 0 Å². The zero-order chi connectivity index (χ0) is 13.1. The largest absolute Gasteiger partial charge is 0.504 e. The van der Waals surface area contributed by atoms with Crippen molar-refractivity contribution in [3.8, 4) is 11.5 Å². The SMILES string of the molecule is COc1cccc(C(=O)Nc2nnc(C)s2)c1O. The number of amides is 1. The van der Waals surface area contributed by atoms with E-state index in [9.17, 15) is 9.90 Å². The molecule has 2 aromatic rings. The van der Waals surface area contributed by atoms with Gasteiger partial charge in [-0.15, -0.1) is 10.2 Å². The minimum atomic E-state index is -0.456. The van der Waals surface area contributed by atoms with Gasteiger partial charge in [-0.2, -0.15) is 0 Å². The van der Waals surface area contributed by atoms with E-state index in [4.69, 9.17) is 4.74 Å². The summed E-state index contributed by atoms with van der Waals surface area (Å²) in [5, 5.41) is 21.1. The van der Waals surface area contributed by atoms with Crippen LogP contribution in [0, 0.1) is 6.92 Å². The number of carbonyl (C=O) groups excluding carboxylic acids is 1. The number of anilines is 1. The Morgan fingerprint density at radius 3 is 2.83 bits per heavy atom. The summed E-state index contributed by atoms with van der Waals surface area (Å²) in [5.74, 6) is -0.405. The van der Waals surface area contributed by atoms with Crippen LogP contribution in [0.15, 0.2) is 18.2 Å². The minimum Gasteiger partial charge on any atom is -0.504 e. The molecule has 1 aromatic carbocycles. The van der Waals surface area contributed by atoms with E-state index >= 15 is 0 Å². The van der Waals surface area contributed by atoms with Crippen molar-refractivity contribution in [3.63, 3.8) is 0 Å². The number of carbonyl (C=O) groups is 1. The van der Waals surface area contributed by atoms with Crippen LogP contribution in [-0.4, -0.2) is 28.3 Å². The monoisotopic (exact) mass is 265 g/mol. The van der Waals surface area contributed by atoms with Gasteiger partial charge in [0, 0.05) is 0 Å². The summed E-state index contributed by atoms with van der Waals surface area (Å²) in [4.78, 5) is 11.9. The topological polar surface area (TPSA) is 84.3 Å². The van der Waals surface area contributed by atoms with Gasteiger partial charge in [-0.1, -0.05) is 17.4 Å². The molecule has 2 rings (SSSR count). The first-order valence-electron chi connectivity index (χ1n) is 5.09. The van der Waals surface area contributed by atoms with E-state index in [2.05, 4.69) is 15.5 Å². The molecule has 7 heteroatoms. The molecule has 1 amide bonds. The second kappa shape index (κ2) is 5.01. The normalized spacial score (nSPS) is 10.1. The maximum atomic E-state index is 11.9. The number of hydrogen-bond donors (Lipinski definition) is 2. The first-order chi connectivity index (χ1) is 8.61. The molecular weight excluding hydrogens is 254 g/mol. The molecule has 0 fully saturated rings. The van der Waals surface area contributed by atoms with Crippen molar-refractivity contribution >= 4 is 22.4 Å². The zero-order valence-electron chi connectivity index (χ0n) is 9.80. The van der Waals surface area contributed by atoms with Crippen molar-refractivity contribution < 1.29 is 14.6 Å². The molecule has 0 atom stereocenters. The maximum Gasteiger partial charge on any atom is 0.261 e. The van der Waals surface area contributed by atoms with Crippen LogP contribution in [0.25, 0.3) is 0 Å². The van der Waals surface area contributed by atoms with Gasteiger partial charge in [0.25, 0.3) is 5.91 Å². The van der Waals surface area contributed by atoms with Gasteiger partial charge in [0.15, 0.2) is 11.5 Å². The van der Waals surface area contributed by atoms with Gasteiger partial charge in [-0.3, -0.25) is 10.1 Å². The molecule has 0 radical (unpaired) electrons. The summed E-state index contributed by atoms with van der Waals surface area (Å²) in [6.07, 6.45) is 0. The second-order valence-corrected chi connectivity index (χ2v) is 4.62. The number of aromatic nitrogens is 2. The van der Waals surface area contributed by atoms with Crippen LogP contribution in [-0.2, 0) is 0 Å². The first-order valence-corrected chi connectivity index (χ1v) is 5.91. The van der Waals surface area contributed by atoms with Gasteiger partial charge in [0.2, 0.25) is 5.13 Å². The number of methoxy groups -OCH3 is 1. The van der Waals surface area contributed by atoms with Crippen molar-refractivity contribution in [2.24, 2.45) is 0 Å². The maximum absolute atomic E-state index is 11.9. The molecule has 0 unspecified atom stereocenters. The minimum absolute atomic E-state index is 0.127. The molecule has 0 spiro atoms. The lowest BCUT2D eigenvalue weighted by Gasteiger charge is -2.07. The summed E-state index contributed by atoms with van der Waals surface area (Å²) >= 11 is 1.26. The van der Waals surface area contributed by atoms with Gasteiger partial charge in [0.05, 0.1) is 12.7 Å². The van der Waals surface area contributed by atoms with E-state index in [-0.39, 0.29) is 17.1 Å². The summed E-state index contributed by atoms with van der Waals surface area (Å²) in [7, 11) is 1.42. The van der Waals surface area contributed by atoms with Crippen LogP contribution < -0.4 is 10.1 Å². The summed E-state index contributed by atoms with van der Waals surface area (Å²) in [6, 6.07) is 4.70. The molecule has 0 saturated heterocycles. The second-order valence-electron chi connectivity index (χ2n) is 3.44. The van der Waals surface area contributed by atoms with Crippen LogP contribution in [0.4, 0.5) is 5.13 Å². The van der Waals surface area contributed by atoms with E-state index in [1.165, 1.54) is 24.5 Å². The highest BCUT2D eigenvalue weighted by molar-refractivity contribution is 7.15. The van der Waals surface area contributed by atoms with Gasteiger partial charge >= 0.3 is 0 Å². The molecule has 1 aromatic heterocycles. The predicted octanol–water partition coefficient (Wildman–Crippen LogP) is 1.81. The molecule has 0 aliphatic carbocycles. The molecule has 94 valence electrons. The fourth-order valence-corrected chi connectivity index (χ4v) is 1.97. The Balaban J connectivity index is 2.24. The molecular formula is C11H11N3O3S. The fraction of sp³-hybridized carbons (Fsp3) is 0.182. The zero-order valence-corrected chi connectivity index (χ0v) is 10.6. The Labute approximate surface area is 107 Å². The number of ether oxygens (including phenoxy) is 1. The number of benzene rings is 1.